The van der Waals surface area contributed by atoms with Gasteiger partial charge in [-0.15, -0.1) is 0 Å². The predicted octanol–water partition coefficient (Wildman–Crippen LogP) is 2.19. The van der Waals surface area contributed by atoms with E-state index in [0.717, 1.165) is 0 Å². The summed E-state index contributed by atoms with van der Waals surface area (Å²) in [6.45, 7) is 0. The number of nitrogens with zero attached hydrogens (tertiary/aromatic N) is 6. The fraction of sp³-hybridized carbons (Fsp3) is 0.111. The Hall–Kier alpha value is -4.48. The first-order valence-electron chi connectivity index (χ1n) is 8.72. The van der Waals surface area contributed by atoms with Crippen LogP contribution < -0.4 is 15.4 Å². The third-order valence-electron chi connectivity index (χ3n) is 4.08. The van der Waals surface area contributed by atoms with E-state index in [1.165, 1.54) is 13.3 Å². The smallest absolute Gasteiger partial charge is 0.341 e. The quantitative estimate of drug-likeness (QED) is 0.358. The molecule has 0 saturated carbocycles. The number of carboxylic acids is 1. The van der Waals surface area contributed by atoms with E-state index >= 15 is 0 Å². The molecule has 0 amide bonds. The first kappa shape index (κ1) is 18.9. The molecule has 12 nitrogen and oxygen atoms in total. The third kappa shape index (κ3) is 3.73. The van der Waals surface area contributed by atoms with E-state index in [0.29, 0.717) is 28.6 Å². The maximum absolute atomic E-state index is 11.7. The molecule has 3 heterocycles. The van der Waals surface area contributed by atoms with Crippen molar-refractivity contribution >= 4 is 29.2 Å². The molecule has 12 heteroatoms. The topological polar surface area (TPSA) is 156 Å². The van der Waals surface area contributed by atoms with Crippen LogP contribution in [0.25, 0.3) is 11.4 Å². The zero-order chi connectivity index (χ0) is 21.1. The van der Waals surface area contributed by atoms with Gasteiger partial charge in [-0.3, -0.25) is 9.78 Å². The number of hydrogen-bond donors (Lipinski definition) is 4. The number of hydrogen-bond acceptors (Lipinski definition) is 9. The van der Waals surface area contributed by atoms with Crippen LogP contribution in [0.3, 0.4) is 0 Å². The number of nitrogens with one attached hydrogen (secondary N) is 3. The summed E-state index contributed by atoms with van der Waals surface area (Å²) in [6.07, 6.45) is 4.36. The predicted molar refractivity (Wildman–Crippen MR) is 107 cm³/mol. The lowest BCUT2D eigenvalue weighted by Crippen LogP contribution is -2.09. The Morgan fingerprint density at radius 2 is 2.10 bits per heavy atom. The molecule has 4 N–H and O–H groups in total. The Labute approximate surface area is 170 Å². The highest BCUT2D eigenvalue weighted by Crippen LogP contribution is 2.36. The van der Waals surface area contributed by atoms with E-state index in [-0.39, 0.29) is 17.3 Å². The number of methoxy groups -OCH3 is 1. The summed E-state index contributed by atoms with van der Waals surface area (Å²) in [5, 5.41) is 26.3. The van der Waals surface area contributed by atoms with Gasteiger partial charge in [-0.2, -0.15) is 15.2 Å². The number of anilines is 4. The fourth-order valence-electron chi connectivity index (χ4n) is 2.76. The Kier molecular flexibility index (Phi) is 4.95. The number of rotatable bonds is 7. The largest absolute Gasteiger partial charge is 0.494 e. The van der Waals surface area contributed by atoms with Crippen LogP contribution >= 0.6 is 0 Å². The Morgan fingerprint density at radius 1 is 1.23 bits per heavy atom. The van der Waals surface area contributed by atoms with Crippen LogP contribution in [-0.2, 0) is 7.05 Å². The van der Waals surface area contributed by atoms with Gasteiger partial charge >= 0.3 is 5.97 Å². The fourth-order valence-corrected chi connectivity index (χ4v) is 2.76. The van der Waals surface area contributed by atoms with Crippen LogP contribution in [0, 0.1) is 0 Å². The van der Waals surface area contributed by atoms with Crippen molar-refractivity contribution in [2.24, 2.45) is 7.05 Å². The van der Waals surface area contributed by atoms with Crippen LogP contribution in [0.1, 0.15) is 10.4 Å². The van der Waals surface area contributed by atoms with Crippen molar-refractivity contribution in [2.75, 3.05) is 17.7 Å². The van der Waals surface area contributed by atoms with Crippen LogP contribution in [-0.4, -0.2) is 53.1 Å². The van der Waals surface area contributed by atoms with Gasteiger partial charge < -0.3 is 20.5 Å². The molecule has 4 aromatic rings. The Balaban J connectivity index is 1.73. The molecule has 0 aliphatic heterocycles. The third-order valence-corrected chi connectivity index (χ3v) is 4.08. The zero-order valence-electron chi connectivity index (χ0n) is 16.0. The number of benzene rings is 1. The van der Waals surface area contributed by atoms with Crippen molar-refractivity contribution in [3.05, 3.63) is 48.5 Å². The van der Waals surface area contributed by atoms with Crippen molar-refractivity contribution in [2.45, 2.75) is 0 Å². The average molecular weight is 407 g/mol. The van der Waals surface area contributed by atoms with E-state index in [1.807, 2.05) is 6.07 Å². The molecule has 0 unspecified atom stereocenters. The summed E-state index contributed by atoms with van der Waals surface area (Å²) in [4.78, 5) is 24.3. The van der Waals surface area contributed by atoms with Gasteiger partial charge in [0.15, 0.2) is 17.4 Å². The van der Waals surface area contributed by atoms with Gasteiger partial charge in [-0.1, -0.05) is 6.07 Å². The van der Waals surface area contributed by atoms with Crippen LogP contribution in [0.2, 0.25) is 0 Å². The van der Waals surface area contributed by atoms with Crippen LogP contribution in [0.15, 0.2) is 43.0 Å². The summed E-state index contributed by atoms with van der Waals surface area (Å²) in [5.41, 5.74) is 1.04. The molecular formula is C18H17N9O3. The molecule has 3 aromatic heterocycles. The molecule has 0 aliphatic rings. The van der Waals surface area contributed by atoms with Gasteiger partial charge in [-0.05, 0) is 12.1 Å². The van der Waals surface area contributed by atoms with Gasteiger partial charge in [0.25, 0.3) is 0 Å². The Morgan fingerprint density at radius 3 is 2.77 bits per heavy atom. The van der Waals surface area contributed by atoms with Gasteiger partial charge in [-0.25, -0.2) is 14.8 Å². The summed E-state index contributed by atoms with van der Waals surface area (Å²) in [5.74, 6) is 0.580. The Bertz CT molecular complexity index is 1190. The maximum atomic E-state index is 11.7. The number of aromatic amines is 1. The minimum atomic E-state index is -1.17. The molecule has 1 aromatic carbocycles. The van der Waals surface area contributed by atoms with E-state index in [4.69, 9.17) is 4.74 Å². The molecule has 30 heavy (non-hydrogen) atoms. The van der Waals surface area contributed by atoms with E-state index < -0.39 is 5.97 Å². The molecule has 0 aliphatic carbocycles. The monoisotopic (exact) mass is 407 g/mol. The molecule has 152 valence electrons. The lowest BCUT2D eigenvalue weighted by Gasteiger charge is -2.15. The maximum Gasteiger partial charge on any atom is 0.341 e. The molecule has 0 radical (unpaired) electrons. The molecule has 0 spiro atoms. The molecule has 0 bridgehead atoms. The van der Waals surface area contributed by atoms with Crippen molar-refractivity contribution in [3.8, 4) is 17.1 Å². The molecular weight excluding hydrogens is 390 g/mol. The minimum Gasteiger partial charge on any atom is -0.494 e. The lowest BCUT2D eigenvalue weighted by molar-refractivity contribution is 0.0697. The number of H-pyrrole nitrogens is 1. The van der Waals surface area contributed by atoms with Crippen molar-refractivity contribution < 1.29 is 14.6 Å². The highest BCUT2D eigenvalue weighted by atomic mass is 16.5. The second kappa shape index (κ2) is 7.87. The van der Waals surface area contributed by atoms with Crippen LogP contribution in [0.4, 0.5) is 23.3 Å². The zero-order valence-corrected chi connectivity index (χ0v) is 16.0. The van der Waals surface area contributed by atoms with Crippen molar-refractivity contribution in [1.29, 1.82) is 0 Å². The first-order valence-corrected chi connectivity index (χ1v) is 8.72. The summed E-state index contributed by atoms with van der Waals surface area (Å²) in [6, 6.07) is 7.01. The molecule has 4 rings (SSSR count). The SMILES string of the molecule is COc1c(Nc2nc(Nc3ccn[nH]3)ncc2C(=O)O)cccc1-c1ncn(C)n1. The number of carbonyl (C=O) groups is 1. The normalized spacial score (nSPS) is 10.6. The highest BCUT2D eigenvalue weighted by molar-refractivity contribution is 5.94. The molecule has 0 saturated heterocycles. The van der Waals surface area contributed by atoms with Gasteiger partial charge in [0.05, 0.1) is 24.6 Å². The van der Waals surface area contributed by atoms with Gasteiger partial charge in [0, 0.05) is 19.3 Å². The number of aromatic carboxylic acids is 1. The summed E-state index contributed by atoms with van der Waals surface area (Å²) >= 11 is 0. The number of para-hydroxylation sites is 1. The molecule has 0 atom stereocenters. The van der Waals surface area contributed by atoms with Crippen molar-refractivity contribution in [1.82, 2.24) is 34.9 Å². The highest BCUT2D eigenvalue weighted by Gasteiger charge is 2.19. The number of aryl methyl sites for hydroxylation is 1. The second-order valence-electron chi connectivity index (χ2n) is 6.11. The number of aromatic nitrogens is 7. The second-order valence-corrected chi connectivity index (χ2v) is 6.11. The minimum absolute atomic E-state index is 0.0870. The van der Waals surface area contributed by atoms with Crippen LogP contribution in [0.5, 0.6) is 5.75 Å². The van der Waals surface area contributed by atoms with Gasteiger partial charge in [0.2, 0.25) is 5.95 Å². The van der Waals surface area contributed by atoms with E-state index in [1.54, 1.807) is 42.5 Å². The standard InChI is InChI=1S/C18H17N9O3/c1-27-9-20-15(26-27)10-4-3-5-12(14(10)30-2)22-16-11(17(28)29)8-19-18(24-16)23-13-6-7-21-25-13/h3-9H,1-2H3,(H,28,29)(H3,19,21,22,23,24,25). The summed E-state index contributed by atoms with van der Waals surface area (Å²) in [7, 11) is 3.27. The van der Waals surface area contributed by atoms with Gasteiger partial charge in [0.1, 0.15) is 17.7 Å². The number of ether oxygens (including phenoxy) is 1. The van der Waals surface area contributed by atoms with Crippen molar-refractivity contribution in [3.63, 3.8) is 0 Å². The molecule has 0 fully saturated rings. The van der Waals surface area contributed by atoms with E-state index in [2.05, 4.69) is 40.9 Å². The summed E-state index contributed by atoms with van der Waals surface area (Å²) < 4.78 is 7.14. The van der Waals surface area contributed by atoms with E-state index in [9.17, 15) is 9.90 Å². The average Bonchev–Trinajstić information content (AvgIpc) is 3.39. The number of carboxylic acid groups (broad SMARTS) is 1. The first-order chi connectivity index (χ1) is 14.5. The lowest BCUT2D eigenvalue weighted by atomic mass is 10.1.